The molecule has 1 heterocycles. The van der Waals surface area contributed by atoms with Gasteiger partial charge in [0.05, 0.1) is 6.61 Å². The summed E-state index contributed by atoms with van der Waals surface area (Å²) in [5, 5.41) is 3.23. The molecule has 0 aliphatic rings. The van der Waals surface area contributed by atoms with Crippen LogP contribution in [0.1, 0.15) is 29.8 Å². The Morgan fingerprint density at radius 1 is 1.29 bits per heavy atom. The van der Waals surface area contributed by atoms with Crippen molar-refractivity contribution in [3.63, 3.8) is 0 Å². The molecule has 4 nitrogen and oxygen atoms in total. The highest BCUT2D eigenvalue weighted by Gasteiger charge is 2.22. The van der Waals surface area contributed by atoms with Crippen LogP contribution in [0.5, 0.6) is 0 Å². The molecule has 0 saturated carbocycles. The number of nitrogens with one attached hydrogen (secondary N) is 1. The van der Waals surface area contributed by atoms with Gasteiger partial charge in [-0.1, -0.05) is 18.2 Å². The summed E-state index contributed by atoms with van der Waals surface area (Å²) in [6.07, 6.45) is 1.71. The fraction of sp³-hybridized carbons (Fsp3) is 0.294. The van der Waals surface area contributed by atoms with Crippen LogP contribution >= 0.6 is 0 Å². The number of aryl methyl sites for hydroxylation is 2. The van der Waals surface area contributed by atoms with Crippen LogP contribution in [-0.2, 0) is 9.53 Å². The number of carbonyl (C=O) groups is 1. The van der Waals surface area contributed by atoms with Crippen molar-refractivity contribution in [2.45, 2.75) is 26.8 Å². The van der Waals surface area contributed by atoms with Crippen LogP contribution in [0.4, 0.5) is 5.69 Å². The fourth-order valence-corrected chi connectivity index (χ4v) is 2.06. The Morgan fingerprint density at radius 2 is 2.10 bits per heavy atom. The molecule has 1 N–H and O–H groups in total. The predicted octanol–water partition coefficient (Wildman–Crippen LogP) is 3.41. The average molecular weight is 284 g/mol. The van der Waals surface area contributed by atoms with Crippen LogP contribution in [0, 0.1) is 13.8 Å². The summed E-state index contributed by atoms with van der Waals surface area (Å²) in [7, 11) is 0. The summed E-state index contributed by atoms with van der Waals surface area (Å²) in [5.74, 6) is -0.301. The van der Waals surface area contributed by atoms with Gasteiger partial charge in [0.1, 0.15) is 0 Å². The third-order valence-electron chi connectivity index (χ3n) is 3.12. The van der Waals surface area contributed by atoms with Crippen LogP contribution in [0.3, 0.4) is 0 Å². The van der Waals surface area contributed by atoms with Gasteiger partial charge in [-0.15, -0.1) is 0 Å². The van der Waals surface area contributed by atoms with Gasteiger partial charge < -0.3 is 10.1 Å². The van der Waals surface area contributed by atoms with E-state index in [1.54, 1.807) is 13.1 Å². The van der Waals surface area contributed by atoms with E-state index in [9.17, 15) is 4.79 Å². The Kier molecular flexibility index (Phi) is 4.93. The van der Waals surface area contributed by atoms with E-state index in [0.29, 0.717) is 6.61 Å². The normalized spacial score (nSPS) is 11.8. The van der Waals surface area contributed by atoms with Gasteiger partial charge in [-0.05, 0) is 44.5 Å². The van der Waals surface area contributed by atoms with Crippen molar-refractivity contribution in [3.8, 4) is 0 Å². The maximum atomic E-state index is 12.2. The zero-order chi connectivity index (χ0) is 15.2. The van der Waals surface area contributed by atoms with Gasteiger partial charge in [-0.2, -0.15) is 0 Å². The SMILES string of the molecule is CCOC(=O)C(Nc1cccc(C)c1)c1ccc(C)nc1. The minimum Gasteiger partial charge on any atom is -0.464 e. The third-order valence-corrected chi connectivity index (χ3v) is 3.12. The summed E-state index contributed by atoms with van der Waals surface area (Å²) in [4.78, 5) is 16.5. The zero-order valence-corrected chi connectivity index (χ0v) is 12.6. The molecule has 1 aromatic carbocycles. The lowest BCUT2D eigenvalue weighted by atomic mass is 10.1. The number of aromatic nitrogens is 1. The highest BCUT2D eigenvalue weighted by atomic mass is 16.5. The van der Waals surface area contributed by atoms with Crippen LogP contribution < -0.4 is 5.32 Å². The second-order valence-electron chi connectivity index (χ2n) is 4.93. The zero-order valence-electron chi connectivity index (χ0n) is 12.6. The minimum absolute atomic E-state index is 0.301. The number of rotatable bonds is 5. The molecule has 0 bridgehead atoms. The minimum atomic E-state index is -0.556. The topological polar surface area (TPSA) is 51.2 Å². The monoisotopic (exact) mass is 284 g/mol. The number of hydrogen-bond donors (Lipinski definition) is 1. The van der Waals surface area contributed by atoms with Gasteiger partial charge in [-0.3, -0.25) is 4.98 Å². The molecule has 21 heavy (non-hydrogen) atoms. The molecule has 1 aromatic heterocycles. The van der Waals surface area contributed by atoms with E-state index in [2.05, 4.69) is 10.3 Å². The van der Waals surface area contributed by atoms with Gasteiger partial charge in [-0.25, -0.2) is 4.79 Å². The van der Waals surface area contributed by atoms with E-state index in [4.69, 9.17) is 4.74 Å². The van der Waals surface area contributed by atoms with E-state index >= 15 is 0 Å². The van der Waals surface area contributed by atoms with Crippen LogP contribution in [0.25, 0.3) is 0 Å². The number of pyridine rings is 1. The molecule has 4 heteroatoms. The molecule has 0 fully saturated rings. The number of carbonyl (C=O) groups excluding carboxylic acids is 1. The quantitative estimate of drug-likeness (QED) is 0.855. The Bertz CT molecular complexity index is 608. The van der Waals surface area contributed by atoms with Gasteiger partial charge in [0.25, 0.3) is 0 Å². The molecule has 0 aliphatic carbocycles. The van der Waals surface area contributed by atoms with Crippen LogP contribution in [0.2, 0.25) is 0 Å². The second-order valence-corrected chi connectivity index (χ2v) is 4.93. The number of esters is 1. The molecule has 0 radical (unpaired) electrons. The number of benzene rings is 1. The van der Waals surface area contributed by atoms with E-state index in [0.717, 1.165) is 22.5 Å². The van der Waals surface area contributed by atoms with Crippen LogP contribution in [0.15, 0.2) is 42.6 Å². The first-order valence-corrected chi connectivity index (χ1v) is 7.02. The van der Waals surface area contributed by atoms with Crippen molar-refractivity contribution in [2.24, 2.45) is 0 Å². The number of anilines is 1. The van der Waals surface area contributed by atoms with E-state index in [1.807, 2.05) is 50.2 Å². The lowest BCUT2D eigenvalue weighted by molar-refractivity contribution is -0.144. The van der Waals surface area contributed by atoms with E-state index in [-0.39, 0.29) is 5.97 Å². The van der Waals surface area contributed by atoms with Crippen molar-refractivity contribution in [1.82, 2.24) is 4.98 Å². The number of nitrogens with zero attached hydrogens (tertiary/aromatic N) is 1. The van der Waals surface area contributed by atoms with Gasteiger partial charge in [0.15, 0.2) is 6.04 Å². The highest BCUT2D eigenvalue weighted by molar-refractivity contribution is 5.81. The Labute approximate surface area is 125 Å². The highest BCUT2D eigenvalue weighted by Crippen LogP contribution is 2.21. The Morgan fingerprint density at radius 3 is 2.71 bits per heavy atom. The van der Waals surface area contributed by atoms with E-state index in [1.165, 1.54) is 0 Å². The number of ether oxygens (including phenoxy) is 1. The summed E-state index contributed by atoms with van der Waals surface area (Å²) in [5.41, 5.74) is 3.72. The summed E-state index contributed by atoms with van der Waals surface area (Å²) in [6.45, 7) is 6.08. The fourth-order valence-electron chi connectivity index (χ4n) is 2.06. The molecule has 2 aromatic rings. The lowest BCUT2D eigenvalue weighted by Crippen LogP contribution is -2.23. The first-order chi connectivity index (χ1) is 10.1. The third kappa shape index (κ3) is 4.05. The molecule has 2 rings (SSSR count). The molecule has 0 amide bonds. The molecule has 0 spiro atoms. The van der Waals surface area contributed by atoms with Crippen molar-refractivity contribution in [2.75, 3.05) is 11.9 Å². The summed E-state index contributed by atoms with van der Waals surface area (Å²) < 4.78 is 5.16. The van der Waals surface area contributed by atoms with Crippen molar-refractivity contribution >= 4 is 11.7 Å². The van der Waals surface area contributed by atoms with E-state index < -0.39 is 6.04 Å². The van der Waals surface area contributed by atoms with Crippen molar-refractivity contribution < 1.29 is 9.53 Å². The molecular weight excluding hydrogens is 264 g/mol. The standard InChI is InChI=1S/C17H20N2O2/c1-4-21-17(20)16(14-9-8-13(3)18-11-14)19-15-7-5-6-12(2)10-15/h5-11,16,19H,4H2,1-3H3. The molecule has 0 saturated heterocycles. The number of hydrogen-bond acceptors (Lipinski definition) is 4. The molecule has 1 atom stereocenters. The molecule has 0 aliphatic heterocycles. The Balaban J connectivity index is 2.27. The van der Waals surface area contributed by atoms with Crippen molar-refractivity contribution in [3.05, 3.63) is 59.4 Å². The molecule has 110 valence electrons. The molecule has 1 unspecified atom stereocenters. The maximum absolute atomic E-state index is 12.2. The summed E-state index contributed by atoms with van der Waals surface area (Å²) >= 11 is 0. The smallest absolute Gasteiger partial charge is 0.333 e. The van der Waals surface area contributed by atoms with Gasteiger partial charge in [0, 0.05) is 23.1 Å². The molecular formula is C17H20N2O2. The predicted molar refractivity (Wildman–Crippen MR) is 83.1 cm³/mol. The average Bonchev–Trinajstić information content (AvgIpc) is 2.46. The summed E-state index contributed by atoms with van der Waals surface area (Å²) in [6, 6.07) is 11.1. The largest absolute Gasteiger partial charge is 0.464 e. The lowest BCUT2D eigenvalue weighted by Gasteiger charge is -2.19. The van der Waals surface area contributed by atoms with Crippen molar-refractivity contribution in [1.29, 1.82) is 0 Å². The first kappa shape index (κ1) is 15.0. The Hall–Kier alpha value is -2.36. The first-order valence-electron chi connectivity index (χ1n) is 7.02. The second kappa shape index (κ2) is 6.88. The van der Waals surface area contributed by atoms with Gasteiger partial charge >= 0.3 is 5.97 Å². The maximum Gasteiger partial charge on any atom is 0.333 e. The van der Waals surface area contributed by atoms with Crippen LogP contribution in [-0.4, -0.2) is 17.6 Å². The van der Waals surface area contributed by atoms with Gasteiger partial charge in [0.2, 0.25) is 0 Å².